The van der Waals surface area contributed by atoms with E-state index in [4.69, 9.17) is 4.74 Å². The number of alkyl halides is 3. The van der Waals surface area contributed by atoms with Crippen LogP contribution in [0.1, 0.15) is 11.1 Å². The van der Waals surface area contributed by atoms with Gasteiger partial charge in [0.2, 0.25) is 5.95 Å². The monoisotopic (exact) mass is 423 g/mol. The number of hydrogen-bond acceptors (Lipinski definition) is 5. The van der Waals surface area contributed by atoms with Crippen LogP contribution in [0.4, 0.5) is 19.1 Å². The van der Waals surface area contributed by atoms with E-state index in [0.717, 1.165) is 16.7 Å². The SMILES string of the molecule is Cn1c(=O)c2c(nc(N3CCOCC3)n2Cc2cccc(C(F)(F)F)c2)n(C)c1=O. The maximum absolute atomic E-state index is 13.2. The van der Waals surface area contributed by atoms with Crippen LogP contribution in [-0.4, -0.2) is 45.0 Å². The first-order chi connectivity index (χ1) is 14.2. The van der Waals surface area contributed by atoms with Gasteiger partial charge in [-0.2, -0.15) is 18.2 Å². The van der Waals surface area contributed by atoms with Crippen LogP contribution in [0.2, 0.25) is 0 Å². The molecular weight excluding hydrogens is 403 g/mol. The molecule has 0 unspecified atom stereocenters. The van der Waals surface area contributed by atoms with E-state index in [-0.39, 0.29) is 17.7 Å². The van der Waals surface area contributed by atoms with E-state index >= 15 is 0 Å². The molecular formula is C19H20F3N5O3. The lowest BCUT2D eigenvalue weighted by molar-refractivity contribution is -0.137. The third-order valence-corrected chi connectivity index (χ3v) is 5.22. The fourth-order valence-electron chi connectivity index (χ4n) is 3.62. The van der Waals surface area contributed by atoms with Gasteiger partial charge in [-0.3, -0.25) is 18.5 Å². The van der Waals surface area contributed by atoms with Crippen molar-refractivity contribution in [2.24, 2.45) is 14.1 Å². The van der Waals surface area contributed by atoms with Gasteiger partial charge in [-0.05, 0) is 17.7 Å². The van der Waals surface area contributed by atoms with Crippen molar-refractivity contribution < 1.29 is 17.9 Å². The minimum Gasteiger partial charge on any atom is -0.378 e. The van der Waals surface area contributed by atoms with Crippen LogP contribution < -0.4 is 16.1 Å². The van der Waals surface area contributed by atoms with Gasteiger partial charge in [0.05, 0.1) is 25.3 Å². The highest BCUT2D eigenvalue weighted by atomic mass is 19.4. The molecule has 4 rings (SSSR count). The Balaban J connectivity index is 1.93. The first-order valence-electron chi connectivity index (χ1n) is 9.33. The number of aryl methyl sites for hydroxylation is 1. The van der Waals surface area contributed by atoms with E-state index in [0.29, 0.717) is 37.8 Å². The Hall–Kier alpha value is -3.08. The van der Waals surface area contributed by atoms with Gasteiger partial charge in [0.15, 0.2) is 11.2 Å². The normalized spacial score (nSPS) is 15.2. The lowest BCUT2D eigenvalue weighted by atomic mass is 10.1. The van der Waals surface area contributed by atoms with Crippen LogP contribution in [0.5, 0.6) is 0 Å². The van der Waals surface area contributed by atoms with Gasteiger partial charge >= 0.3 is 11.9 Å². The van der Waals surface area contributed by atoms with Crippen molar-refractivity contribution in [3.8, 4) is 0 Å². The van der Waals surface area contributed by atoms with Crippen molar-refractivity contribution in [2.45, 2.75) is 12.7 Å². The van der Waals surface area contributed by atoms with Gasteiger partial charge in [0.25, 0.3) is 5.56 Å². The average molecular weight is 423 g/mol. The van der Waals surface area contributed by atoms with Crippen molar-refractivity contribution in [3.63, 3.8) is 0 Å². The number of morpholine rings is 1. The number of imidazole rings is 1. The molecule has 0 spiro atoms. The number of nitrogens with zero attached hydrogens (tertiary/aromatic N) is 5. The third-order valence-electron chi connectivity index (χ3n) is 5.22. The Bertz CT molecular complexity index is 1220. The van der Waals surface area contributed by atoms with Gasteiger partial charge in [-0.25, -0.2) is 4.79 Å². The van der Waals surface area contributed by atoms with Crippen LogP contribution in [0.3, 0.4) is 0 Å². The topological polar surface area (TPSA) is 74.3 Å². The molecule has 0 aliphatic carbocycles. The summed E-state index contributed by atoms with van der Waals surface area (Å²) < 4.78 is 48.6. The van der Waals surface area contributed by atoms with Crippen molar-refractivity contribution in [1.29, 1.82) is 0 Å². The zero-order valence-corrected chi connectivity index (χ0v) is 16.4. The number of benzene rings is 1. The Kier molecular flexibility index (Phi) is 4.92. The molecule has 30 heavy (non-hydrogen) atoms. The zero-order valence-electron chi connectivity index (χ0n) is 16.4. The van der Waals surface area contributed by atoms with E-state index in [1.54, 1.807) is 10.6 Å². The summed E-state index contributed by atoms with van der Waals surface area (Å²) in [6.07, 6.45) is -4.47. The second-order valence-electron chi connectivity index (χ2n) is 7.17. The molecule has 8 nitrogen and oxygen atoms in total. The molecule has 11 heteroatoms. The van der Waals surface area contributed by atoms with Gasteiger partial charge < -0.3 is 9.64 Å². The third kappa shape index (κ3) is 3.38. The number of fused-ring (bicyclic) bond motifs is 1. The fraction of sp³-hybridized carbons (Fsp3) is 0.421. The van der Waals surface area contributed by atoms with Crippen LogP contribution in [0.15, 0.2) is 33.9 Å². The van der Waals surface area contributed by atoms with Crippen molar-refractivity contribution in [3.05, 3.63) is 56.2 Å². The van der Waals surface area contributed by atoms with E-state index in [1.807, 2.05) is 4.90 Å². The quantitative estimate of drug-likeness (QED) is 0.636. The maximum Gasteiger partial charge on any atom is 0.416 e. The summed E-state index contributed by atoms with van der Waals surface area (Å²) in [4.78, 5) is 31.7. The molecule has 1 aliphatic rings. The summed E-state index contributed by atoms with van der Waals surface area (Å²) in [6, 6.07) is 4.96. The first kappa shape index (κ1) is 20.2. The van der Waals surface area contributed by atoms with Crippen LogP contribution >= 0.6 is 0 Å². The molecule has 0 bridgehead atoms. The smallest absolute Gasteiger partial charge is 0.378 e. The number of rotatable bonds is 3. The lowest BCUT2D eigenvalue weighted by Crippen LogP contribution is -2.38. The highest BCUT2D eigenvalue weighted by Crippen LogP contribution is 2.30. The molecule has 0 saturated carbocycles. The molecule has 0 radical (unpaired) electrons. The van der Waals surface area contributed by atoms with Crippen LogP contribution in [-0.2, 0) is 31.6 Å². The molecule has 0 N–H and O–H groups in total. The van der Waals surface area contributed by atoms with Crippen LogP contribution in [0, 0.1) is 0 Å². The van der Waals surface area contributed by atoms with Gasteiger partial charge in [-0.1, -0.05) is 12.1 Å². The lowest BCUT2D eigenvalue weighted by Gasteiger charge is -2.28. The van der Waals surface area contributed by atoms with Gasteiger partial charge in [0.1, 0.15) is 0 Å². The fourth-order valence-corrected chi connectivity index (χ4v) is 3.62. The Morgan fingerprint density at radius 2 is 1.80 bits per heavy atom. The number of halogens is 3. The van der Waals surface area contributed by atoms with E-state index in [2.05, 4.69) is 4.98 Å². The second-order valence-corrected chi connectivity index (χ2v) is 7.17. The molecule has 1 aliphatic heterocycles. The van der Waals surface area contributed by atoms with Crippen LogP contribution in [0.25, 0.3) is 11.2 Å². The standard InChI is InChI=1S/C19H20F3N5O3/c1-24-15-14(16(28)25(2)18(24)29)27(17(23-15)26-6-8-30-9-7-26)11-12-4-3-5-13(10-12)19(20,21)22/h3-5,10H,6-9,11H2,1-2H3. The van der Waals surface area contributed by atoms with E-state index < -0.39 is 23.0 Å². The zero-order chi connectivity index (χ0) is 21.6. The number of anilines is 1. The summed E-state index contributed by atoms with van der Waals surface area (Å²) in [7, 11) is 2.87. The van der Waals surface area contributed by atoms with Gasteiger partial charge in [-0.15, -0.1) is 0 Å². The molecule has 2 aromatic heterocycles. The van der Waals surface area contributed by atoms with Crippen molar-refractivity contribution in [2.75, 3.05) is 31.2 Å². The highest BCUT2D eigenvalue weighted by molar-refractivity contribution is 5.74. The average Bonchev–Trinajstić information content (AvgIpc) is 3.10. The summed E-state index contributed by atoms with van der Waals surface area (Å²) in [6.45, 7) is 1.95. The number of ether oxygens (including phenoxy) is 1. The van der Waals surface area contributed by atoms with E-state index in [9.17, 15) is 22.8 Å². The summed E-state index contributed by atoms with van der Waals surface area (Å²) in [5, 5.41) is 0. The van der Waals surface area contributed by atoms with Crippen molar-refractivity contribution in [1.82, 2.24) is 18.7 Å². The predicted molar refractivity (Wildman–Crippen MR) is 104 cm³/mol. The Morgan fingerprint density at radius 3 is 2.47 bits per heavy atom. The Morgan fingerprint density at radius 1 is 1.10 bits per heavy atom. The minimum atomic E-state index is -4.47. The molecule has 1 fully saturated rings. The Labute approximate surface area is 168 Å². The molecule has 1 aromatic carbocycles. The predicted octanol–water partition coefficient (Wildman–Crippen LogP) is 1.34. The number of aromatic nitrogens is 4. The molecule has 0 amide bonds. The molecule has 3 aromatic rings. The van der Waals surface area contributed by atoms with Crippen molar-refractivity contribution >= 4 is 17.1 Å². The molecule has 1 saturated heterocycles. The maximum atomic E-state index is 13.2. The summed E-state index contributed by atoms with van der Waals surface area (Å²) in [5.74, 6) is 0.420. The van der Waals surface area contributed by atoms with E-state index in [1.165, 1.54) is 24.7 Å². The molecule has 160 valence electrons. The molecule has 0 atom stereocenters. The summed E-state index contributed by atoms with van der Waals surface area (Å²) >= 11 is 0. The molecule has 3 heterocycles. The second kappa shape index (κ2) is 7.31. The number of hydrogen-bond donors (Lipinski definition) is 0. The van der Waals surface area contributed by atoms with Gasteiger partial charge in [0, 0.05) is 27.2 Å². The largest absolute Gasteiger partial charge is 0.416 e. The highest BCUT2D eigenvalue weighted by Gasteiger charge is 2.31. The summed E-state index contributed by atoms with van der Waals surface area (Å²) in [5.41, 5.74) is -1.11. The minimum absolute atomic E-state index is 0.000550. The first-order valence-corrected chi connectivity index (χ1v) is 9.33.